The number of methoxy groups -OCH3 is 1. The monoisotopic (exact) mass is 263 g/mol. The van der Waals surface area contributed by atoms with Crippen molar-refractivity contribution < 1.29 is 4.74 Å². The third-order valence-corrected chi connectivity index (χ3v) is 2.87. The molecule has 0 saturated heterocycles. The molecule has 94 valence electrons. The number of benzene rings is 1. The average Bonchev–Trinajstić information content (AvgIpc) is 2.41. The predicted octanol–water partition coefficient (Wildman–Crippen LogP) is 2.94. The molecule has 0 aliphatic heterocycles. The molecule has 0 atom stereocenters. The fourth-order valence-electron chi connectivity index (χ4n) is 1.52. The van der Waals surface area contributed by atoms with E-state index in [4.69, 9.17) is 22.1 Å². The number of nitrogens with zero attached hydrogens (tertiary/aromatic N) is 1. The number of ether oxygens (including phenoxy) is 1. The van der Waals surface area contributed by atoms with E-state index in [1.165, 1.54) is 0 Å². The van der Waals surface area contributed by atoms with Gasteiger partial charge in [-0.25, -0.2) is 4.98 Å². The second kappa shape index (κ2) is 5.60. The molecule has 5 heteroatoms. The van der Waals surface area contributed by atoms with Crippen LogP contribution < -0.4 is 15.8 Å². The van der Waals surface area contributed by atoms with Crippen LogP contribution in [0.2, 0.25) is 5.02 Å². The number of rotatable bonds is 4. The quantitative estimate of drug-likeness (QED) is 0.833. The maximum Gasteiger partial charge on any atom is 0.212 e. The molecule has 0 aliphatic rings. The molecule has 0 radical (unpaired) electrons. The van der Waals surface area contributed by atoms with Gasteiger partial charge >= 0.3 is 0 Å². The Morgan fingerprint density at radius 3 is 2.83 bits per heavy atom. The number of nitrogens with two attached hydrogens (primary N) is 1. The van der Waals surface area contributed by atoms with Crippen molar-refractivity contribution in [2.24, 2.45) is 0 Å². The van der Waals surface area contributed by atoms with Gasteiger partial charge in [-0.05, 0) is 17.7 Å². The maximum absolute atomic E-state index is 5.94. The van der Waals surface area contributed by atoms with E-state index < -0.39 is 0 Å². The van der Waals surface area contributed by atoms with Crippen molar-refractivity contribution in [3.63, 3.8) is 0 Å². The van der Waals surface area contributed by atoms with E-state index in [1.54, 1.807) is 19.4 Å². The highest BCUT2D eigenvalue weighted by molar-refractivity contribution is 6.33. The molecule has 2 rings (SSSR count). The lowest BCUT2D eigenvalue weighted by Gasteiger charge is -2.10. The van der Waals surface area contributed by atoms with Gasteiger partial charge in [0.15, 0.2) is 0 Å². The zero-order chi connectivity index (χ0) is 13.0. The number of halogens is 1. The summed E-state index contributed by atoms with van der Waals surface area (Å²) in [7, 11) is 1.59. The Hall–Kier alpha value is -1.94. The topological polar surface area (TPSA) is 60.2 Å². The van der Waals surface area contributed by atoms with E-state index >= 15 is 0 Å². The molecule has 0 aliphatic carbocycles. The van der Waals surface area contributed by atoms with Crippen LogP contribution in [0.25, 0.3) is 0 Å². The zero-order valence-corrected chi connectivity index (χ0v) is 10.7. The van der Waals surface area contributed by atoms with Crippen LogP contribution in [0.3, 0.4) is 0 Å². The molecule has 0 fully saturated rings. The molecule has 2 aromatic rings. The summed E-state index contributed by atoms with van der Waals surface area (Å²) < 4.78 is 5.00. The normalized spacial score (nSPS) is 10.1. The van der Waals surface area contributed by atoms with Gasteiger partial charge in [0.05, 0.1) is 23.5 Å². The second-order valence-electron chi connectivity index (χ2n) is 3.76. The van der Waals surface area contributed by atoms with Crippen LogP contribution in [0.1, 0.15) is 5.56 Å². The summed E-state index contributed by atoms with van der Waals surface area (Å²) in [6.45, 7) is 0.627. The van der Waals surface area contributed by atoms with E-state index in [0.29, 0.717) is 23.1 Å². The maximum atomic E-state index is 5.94. The first-order chi connectivity index (χ1) is 8.70. The Kier molecular flexibility index (Phi) is 3.89. The first-order valence-corrected chi connectivity index (χ1v) is 5.85. The molecule has 1 aromatic heterocycles. The minimum absolute atomic E-state index is 0.549. The van der Waals surface area contributed by atoms with Crippen molar-refractivity contribution in [1.82, 2.24) is 4.98 Å². The zero-order valence-electron chi connectivity index (χ0n) is 9.98. The first kappa shape index (κ1) is 12.5. The molecule has 0 bridgehead atoms. The van der Waals surface area contributed by atoms with E-state index in [9.17, 15) is 0 Å². The number of hydrogen-bond acceptors (Lipinski definition) is 4. The number of aromatic nitrogens is 1. The minimum Gasteiger partial charge on any atom is -0.481 e. The van der Waals surface area contributed by atoms with Crippen molar-refractivity contribution in [3.05, 3.63) is 47.1 Å². The Morgan fingerprint density at radius 2 is 2.17 bits per heavy atom. The Balaban J connectivity index is 2.04. The third kappa shape index (κ3) is 2.84. The molecular formula is C13H14ClN3O. The van der Waals surface area contributed by atoms with Crippen LogP contribution in [0.5, 0.6) is 5.88 Å². The van der Waals surface area contributed by atoms with Gasteiger partial charge in [-0.1, -0.05) is 23.7 Å². The average molecular weight is 264 g/mol. The predicted molar refractivity (Wildman–Crippen MR) is 74.0 cm³/mol. The van der Waals surface area contributed by atoms with Gasteiger partial charge in [-0.15, -0.1) is 0 Å². The van der Waals surface area contributed by atoms with Crippen LogP contribution in [0.4, 0.5) is 11.4 Å². The van der Waals surface area contributed by atoms with Crippen molar-refractivity contribution >= 4 is 23.0 Å². The molecule has 0 saturated carbocycles. The number of hydrogen-bond donors (Lipinski definition) is 2. The van der Waals surface area contributed by atoms with Crippen molar-refractivity contribution in [2.75, 3.05) is 18.2 Å². The number of nitrogen functional groups attached to an aromatic ring is 1. The van der Waals surface area contributed by atoms with Gasteiger partial charge < -0.3 is 15.8 Å². The molecule has 4 nitrogen and oxygen atoms in total. The minimum atomic E-state index is 0.549. The summed E-state index contributed by atoms with van der Waals surface area (Å²) in [5.74, 6) is 0.598. The second-order valence-corrected chi connectivity index (χ2v) is 4.17. The smallest absolute Gasteiger partial charge is 0.212 e. The van der Waals surface area contributed by atoms with Gasteiger partial charge in [0, 0.05) is 18.8 Å². The summed E-state index contributed by atoms with van der Waals surface area (Å²) in [5.41, 5.74) is 8.27. The molecule has 1 aromatic carbocycles. The Labute approximate surface area is 111 Å². The summed E-state index contributed by atoms with van der Waals surface area (Å²) in [6, 6.07) is 9.26. The Morgan fingerprint density at radius 1 is 1.33 bits per heavy atom. The van der Waals surface area contributed by atoms with E-state index in [1.807, 2.05) is 24.3 Å². The fraction of sp³-hybridized carbons (Fsp3) is 0.154. The highest BCUT2D eigenvalue weighted by Crippen LogP contribution is 2.27. The summed E-state index contributed by atoms with van der Waals surface area (Å²) in [6.07, 6.45) is 1.76. The summed E-state index contributed by atoms with van der Waals surface area (Å²) >= 11 is 5.94. The van der Waals surface area contributed by atoms with Crippen LogP contribution in [-0.4, -0.2) is 12.1 Å². The van der Waals surface area contributed by atoms with E-state index in [0.717, 1.165) is 11.3 Å². The SMILES string of the molecule is COc1ccc(CNc2cccc(Cl)c2N)cn1. The number of pyridine rings is 1. The molecule has 0 spiro atoms. The highest BCUT2D eigenvalue weighted by Gasteiger charge is 2.02. The lowest BCUT2D eigenvalue weighted by Crippen LogP contribution is -2.03. The molecule has 18 heavy (non-hydrogen) atoms. The molecule has 1 heterocycles. The van der Waals surface area contributed by atoms with Crippen molar-refractivity contribution in [2.45, 2.75) is 6.54 Å². The van der Waals surface area contributed by atoms with E-state index in [2.05, 4.69) is 10.3 Å². The third-order valence-electron chi connectivity index (χ3n) is 2.54. The van der Waals surface area contributed by atoms with Crippen LogP contribution in [0, 0.1) is 0 Å². The number of nitrogens with one attached hydrogen (secondary N) is 1. The number of anilines is 2. The van der Waals surface area contributed by atoms with Crippen LogP contribution >= 0.6 is 11.6 Å². The van der Waals surface area contributed by atoms with Gasteiger partial charge in [-0.2, -0.15) is 0 Å². The molecular weight excluding hydrogens is 250 g/mol. The van der Waals surface area contributed by atoms with Gasteiger partial charge in [-0.3, -0.25) is 0 Å². The molecule has 3 N–H and O–H groups in total. The molecule has 0 unspecified atom stereocenters. The highest BCUT2D eigenvalue weighted by atomic mass is 35.5. The number of para-hydroxylation sites is 1. The first-order valence-electron chi connectivity index (χ1n) is 5.47. The van der Waals surface area contributed by atoms with Crippen LogP contribution in [0.15, 0.2) is 36.5 Å². The lowest BCUT2D eigenvalue weighted by atomic mass is 10.2. The van der Waals surface area contributed by atoms with Gasteiger partial charge in [0.2, 0.25) is 5.88 Å². The van der Waals surface area contributed by atoms with Gasteiger partial charge in [0.25, 0.3) is 0 Å². The summed E-state index contributed by atoms with van der Waals surface area (Å²) in [5, 5.41) is 3.77. The van der Waals surface area contributed by atoms with Crippen molar-refractivity contribution in [1.29, 1.82) is 0 Å². The summed E-state index contributed by atoms with van der Waals surface area (Å²) in [4.78, 5) is 4.13. The lowest BCUT2D eigenvalue weighted by molar-refractivity contribution is 0.397. The largest absolute Gasteiger partial charge is 0.481 e. The standard InChI is InChI=1S/C13H14ClN3O/c1-18-12-6-5-9(8-17-12)7-16-11-4-2-3-10(14)13(11)15/h2-6,8,16H,7,15H2,1H3. The van der Waals surface area contributed by atoms with E-state index in [-0.39, 0.29) is 0 Å². The molecule has 0 amide bonds. The Bertz CT molecular complexity index is 528. The fourth-order valence-corrected chi connectivity index (χ4v) is 1.70. The van der Waals surface area contributed by atoms with Crippen LogP contribution in [-0.2, 0) is 6.54 Å². The van der Waals surface area contributed by atoms with Crippen molar-refractivity contribution in [3.8, 4) is 5.88 Å². The van der Waals surface area contributed by atoms with Gasteiger partial charge in [0.1, 0.15) is 0 Å².